The van der Waals surface area contributed by atoms with E-state index in [-0.39, 0.29) is 5.91 Å². The third-order valence-corrected chi connectivity index (χ3v) is 5.16. The van der Waals surface area contributed by atoms with E-state index >= 15 is 0 Å². The minimum absolute atomic E-state index is 0.0956. The second-order valence-corrected chi connectivity index (χ2v) is 7.40. The van der Waals surface area contributed by atoms with E-state index in [2.05, 4.69) is 4.99 Å². The van der Waals surface area contributed by atoms with Crippen molar-refractivity contribution in [3.8, 4) is 11.5 Å². The summed E-state index contributed by atoms with van der Waals surface area (Å²) in [5.74, 6) is -0.449. The molecule has 1 amide bonds. The maximum Gasteiger partial charge on any atom is 0.341 e. The summed E-state index contributed by atoms with van der Waals surface area (Å²) in [7, 11) is 1.48. The van der Waals surface area contributed by atoms with Crippen LogP contribution in [0.5, 0.6) is 11.5 Å². The number of hydrogen-bond donors (Lipinski definition) is 1. The fourth-order valence-electron chi connectivity index (χ4n) is 2.81. The number of thioether (sulfide) groups is 1. The Morgan fingerprint density at radius 2 is 1.97 bits per heavy atom. The first-order valence-electron chi connectivity index (χ1n) is 9.39. The minimum atomic E-state index is -1.07. The normalized spacial score (nSPS) is 16.3. The molecule has 2 aromatic rings. The van der Waals surface area contributed by atoms with Gasteiger partial charge in [-0.1, -0.05) is 31.2 Å². The highest BCUT2D eigenvalue weighted by atomic mass is 32.2. The number of ether oxygens (including phenoxy) is 2. The second kappa shape index (κ2) is 9.98. The molecule has 1 aliphatic heterocycles. The van der Waals surface area contributed by atoms with E-state index in [9.17, 15) is 9.59 Å². The van der Waals surface area contributed by atoms with Gasteiger partial charge >= 0.3 is 5.97 Å². The molecule has 2 aromatic carbocycles. The number of carbonyl (C=O) groups excluding carboxylic acids is 1. The third kappa shape index (κ3) is 5.21. The van der Waals surface area contributed by atoms with Gasteiger partial charge in [0.2, 0.25) is 0 Å². The highest BCUT2D eigenvalue weighted by Gasteiger charge is 2.32. The number of benzene rings is 2. The number of nitrogens with zero attached hydrogens (tertiary/aromatic N) is 2. The lowest BCUT2D eigenvalue weighted by Gasteiger charge is -2.13. The van der Waals surface area contributed by atoms with Crippen molar-refractivity contribution in [3.63, 3.8) is 0 Å². The van der Waals surface area contributed by atoms with E-state index in [0.29, 0.717) is 28.1 Å². The molecule has 1 fully saturated rings. The number of hydrogen-bond acceptors (Lipinski definition) is 6. The van der Waals surface area contributed by atoms with Crippen LogP contribution in [0.15, 0.2) is 58.4 Å². The topological polar surface area (TPSA) is 88.4 Å². The summed E-state index contributed by atoms with van der Waals surface area (Å²) in [4.78, 5) is 30.5. The van der Waals surface area contributed by atoms with Gasteiger partial charge in [-0.15, -0.1) is 0 Å². The van der Waals surface area contributed by atoms with Crippen LogP contribution in [0.1, 0.15) is 18.9 Å². The first kappa shape index (κ1) is 21.4. The van der Waals surface area contributed by atoms with Gasteiger partial charge in [0.25, 0.3) is 5.91 Å². The lowest BCUT2D eigenvalue weighted by Crippen LogP contribution is -2.29. The van der Waals surface area contributed by atoms with Crippen LogP contribution in [0.25, 0.3) is 6.08 Å². The third-order valence-electron chi connectivity index (χ3n) is 4.15. The number of rotatable bonds is 8. The lowest BCUT2D eigenvalue weighted by atomic mass is 10.2. The van der Waals surface area contributed by atoms with Gasteiger partial charge in [-0.2, -0.15) is 0 Å². The number of methoxy groups -OCH3 is 1. The fourth-order valence-corrected chi connectivity index (χ4v) is 3.83. The summed E-state index contributed by atoms with van der Waals surface area (Å²) < 4.78 is 10.5. The van der Waals surface area contributed by atoms with E-state index in [0.717, 1.165) is 17.7 Å². The van der Waals surface area contributed by atoms with Gasteiger partial charge in [0, 0.05) is 6.54 Å². The highest BCUT2D eigenvalue weighted by molar-refractivity contribution is 8.18. The predicted molar refractivity (Wildman–Crippen MR) is 117 cm³/mol. The minimum Gasteiger partial charge on any atom is -0.493 e. The first-order chi connectivity index (χ1) is 14.5. The van der Waals surface area contributed by atoms with Crippen LogP contribution in [-0.2, 0) is 9.59 Å². The Kier molecular flexibility index (Phi) is 7.13. The summed E-state index contributed by atoms with van der Waals surface area (Å²) in [6.45, 7) is 2.14. The number of aliphatic imine (C=N–C) groups is 1. The highest BCUT2D eigenvalue weighted by Crippen LogP contribution is 2.36. The Morgan fingerprint density at radius 1 is 1.20 bits per heavy atom. The Hall–Kier alpha value is -3.26. The molecule has 0 spiro atoms. The van der Waals surface area contributed by atoms with Gasteiger partial charge in [0.1, 0.15) is 0 Å². The SMILES string of the molecule is CCCN1C(=O)/C(=C\c2ccc(OCC(=O)O)c(OC)c2)SC1=Nc1ccccc1. The number of aliphatic carboxylic acids is 1. The molecule has 1 aliphatic rings. The van der Waals surface area contributed by atoms with Crippen molar-refractivity contribution in [2.75, 3.05) is 20.3 Å². The Balaban J connectivity index is 1.88. The average Bonchev–Trinajstić information content (AvgIpc) is 3.02. The number of carboxylic acid groups (broad SMARTS) is 1. The Labute approximate surface area is 179 Å². The number of para-hydroxylation sites is 1. The summed E-state index contributed by atoms with van der Waals surface area (Å²) in [5.41, 5.74) is 1.53. The van der Waals surface area contributed by atoms with Gasteiger partial charge in [0.15, 0.2) is 23.3 Å². The molecule has 30 heavy (non-hydrogen) atoms. The number of amides is 1. The lowest BCUT2D eigenvalue weighted by molar-refractivity contribution is -0.139. The number of amidine groups is 1. The predicted octanol–water partition coefficient (Wildman–Crippen LogP) is 4.17. The van der Waals surface area contributed by atoms with E-state index < -0.39 is 12.6 Å². The standard InChI is InChI=1S/C22H22N2O5S/c1-3-11-24-21(27)19(30-22(24)23-16-7-5-4-6-8-16)13-15-9-10-17(18(12-15)28-2)29-14-20(25)26/h4-10,12-13H,3,11,14H2,1-2H3,(H,25,26)/b19-13+,23-22?. The summed E-state index contributed by atoms with van der Waals surface area (Å²) in [6, 6.07) is 14.6. The summed E-state index contributed by atoms with van der Waals surface area (Å²) >= 11 is 1.33. The van der Waals surface area contributed by atoms with Crippen LogP contribution >= 0.6 is 11.8 Å². The average molecular weight is 426 g/mol. The van der Waals surface area contributed by atoms with E-state index in [1.807, 2.05) is 37.3 Å². The molecule has 8 heteroatoms. The fraction of sp³-hybridized carbons (Fsp3) is 0.227. The second-order valence-electron chi connectivity index (χ2n) is 6.39. The number of carbonyl (C=O) groups is 2. The van der Waals surface area contributed by atoms with E-state index in [1.165, 1.54) is 18.9 Å². The molecule has 0 aliphatic carbocycles. The van der Waals surface area contributed by atoms with Crippen LogP contribution in [-0.4, -0.2) is 47.3 Å². The van der Waals surface area contributed by atoms with Crippen LogP contribution in [0, 0.1) is 0 Å². The Bertz CT molecular complexity index is 988. The van der Waals surface area contributed by atoms with E-state index in [1.54, 1.807) is 29.2 Å². The van der Waals surface area contributed by atoms with Gasteiger partial charge in [-0.25, -0.2) is 9.79 Å². The van der Waals surface area contributed by atoms with E-state index in [4.69, 9.17) is 14.6 Å². The van der Waals surface area contributed by atoms with Crippen LogP contribution in [0.2, 0.25) is 0 Å². The molecule has 0 atom stereocenters. The summed E-state index contributed by atoms with van der Waals surface area (Å²) in [6.07, 6.45) is 2.59. The largest absolute Gasteiger partial charge is 0.493 e. The molecule has 1 saturated heterocycles. The molecular weight excluding hydrogens is 404 g/mol. The molecule has 7 nitrogen and oxygen atoms in total. The Morgan fingerprint density at radius 3 is 2.63 bits per heavy atom. The van der Waals surface area contributed by atoms with Crippen molar-refractivity contribution in [2.45, 2.75) is 13.3 Å². The molecule has 0 saturated carbocycles. The van der Waals surface area contributed by atoms with Gasteiger partial charge in [-0.3, -0.25) is 9.69 Å². The maximum atomic E-state index is 12.9. The monoisotopic (exact) mass is 426 g/mol. The van der Waals surface area contributed by atoms with Crippen molar-refractivity contribution in [3.05, 3.63) is 59.0 Å². The zero-order chi connectivity index (χ0) is 21.5. The van der Waals surface area contributed by atoms with Crippen LogP contribution < -0.4 is 9.47 Å². The zero-order valence-electron chi connectivity index (χ0n) is 16.7. The van der Waals surface area contributed by atoms with Crippen LogP contribution in [0.3, 0.4) is 0 Å². The number of carboxylic acids is 1. The smallest absolute Gasteiger partial charge is 0.341 e. The van der Waals surface area contributed by atoms with Crippen molar-refractivity contribution < 1.29 is 24.2 Å². The van der Waals surface area contributed by atoms with Crippen molar-refractivity contribution in [1.82, 2.24) is 4.90 Å². The summed E-state index contributed by atoms with van der Waals surface area (Å²) in [5, 5.41) is 9.43. The van der Waals surface area contributed by atoms with Crippen molar-refractivity contribution in [2.24, 2.45) is 4.99 Å². The van der Waals surface area contributed by atoms with Crippen LogP contribution in [0.4, 0.5) is 5.69 Å². The molecule has 3 rings (SSSR count). The molecule has 0 aromatic heterocycles. The molecule has 0 unspecified atom stereocenters. The van der Waals surface area contributed by atoms with Crippen molar-refractivity contribution in [1.29, 1.82) is 0 Å². The zero-order valence-corrected chi connectivity index (χ0v) is 17.5. The molecule has 1 N–H and O–H groups in total. The van der Waals surface area contributed by atoms with Gasteiger partial charge < -0.3 is 14.6 Å². The van der Waals surface area contributed by atoms with Crippen molar-refractivity contribution >= 4 is 40.6 Å². The molecule has 156 valence electrons. The molecule has 0 radical (unpaired) electrons. The maximum absolute atomic E-state index is 12.9. The molecule has 1 heterocycles. The quantitative estimate of drug-likeness (QED) is 0.638. The molecular formula is C22H22N2O5S. The first-order valence-corrected chi connectivity index (χ1v) is 10.2. The van der Waals surface area contributed by atoms with Gasteiger partial charge in [-0.05, 0) is 54.1 Å². The molecule has 0 bridgehead atoms. The van der Waals surface area contributed by atoms with Gasteiger partial charge in [0.05, 0.1) is 17.7 Å².